The Bertz CT molecular complexity index is 4720. The summed E-state index contributed by atoms with van der Waals surface area (Å²) in [7, 11) is 7.88. The van der Waals surface area contributed by atoms with E-state index in [2.05, 4.69) is 184 Å². The second-order valence-corrected chi connectivity index (χ2v) is 34.6. The monoisotopic (exact) mass is 1960 g/mol. The number of fused-ring (bicyclic) bond motifs is 4. The van der Waals surface area contributed by atoms with Gasteiger partial charge >= 0.3 is 0 Å². The highest BCUT2D eigenvalue weighted by Crippen LogP contribution is 2.55. The number of rotatable bonds is 20. The lowest BCUT2D eigenvalue weighted by atomic mass is 9.94. The van der Waals surface area contributed by atoms with Gasteiger partial charge in [0, 0.05) is 70.8 Å². The molecular formula is C109H148N10O13S5. The third kappa shape index (κ3) is 34.1. The van der Waals surface area contributed by atoms with Crippen molar-refractivity contribution in [3.05, 3.63) is 285 Å². The Kier molecular flexibility index (Phi) is 53.1. The van der Waals surface area contributed by atoms with Gasteiger partial charge in [-0.1, -0.05) is 256 Å². The highest BCUT2D eigenvalue weighted by atomic mass is 32.2. The molecule has 4 atom stereocenters. The van der Waals surface area contributed by atoms with Crippen molar-refractivity contribution in [2.24, 2.45) is 0 Å². The minimum absolute atomic E-state index is 0.00585. The molecule has 4 aromatic heterocycles. The summed E-state index contributed by atoms with van der Waals surface area (Å²) in [5.74, 6) is 5.86. The maximum absolute atomic E-state index is 12.5. The molecule has 0 saturated heterocycles. The second-order valence-electron chi connectivity index (χ2n) is 29.8. The molecule has 742 valence electrons. The second kappa shape index (κ2) is 62.6. The molecule has 5 N–H and O–H groups in total. The number of carbonyl (C=O) groups excluding carboxylic acids is 4. The first-order valence-electron chi connectivity index (χ1n) is 47.9. The van der Waals surface area contributed by atoms with Gasteiger partial charge < -0.3 is 74.1 Å². The number of carbonyl (C=O) groups is 4. The number of benzene rings is 8. The number of ether oxygens (including phenoxy) is 9. The summed E-state index contributed by atoms with van der Waals surface area (Å²) in [4.78, 5) is 68.5. The quantitative estimate of drug-likeness (QED) is 0.0475. The van der Waals surface area contributed by atoms with Crippen LogP contribution in [0.5, 0.6) is 46.0 Å². The lowest BCUT2D eigenvalue weighted by molar-refractivity contribution is -0.119. The summed E-state index contributed by atoms with van der Waals surface area (Å²) in [6.45, 7) is 41.6. The van der Waals surface area contributed by atoms with Crippen molar-refractivity contribution in [3.63, 3.8) is 0 Å². The summed E-state index contributed by atoms with van der Waals surface area (Å²) in [6.07, 6.45) is 15.9. The van der Waals surface area contributed by atoms with Crippen LogP contribution in [0.3, 0.4) is 0 Å². The number of nitrogens with zero attached hydrogens (tertiary/aromatic N) is 5. The van der Waals surface area contributed by atoms with Crippen LogP contribution < -0.4 is 64.5 Å². The summed E-state index contributed by atoms with van der Waals surface area (Å²) in [5, 5.41) is 25.3. The van der Waals surface area contributed by atoms with Gasteiger partial charge in [-0.15, -0.1) is 45.3 Å². The van der Waals surface area contributed by atoms with Crippen LogP contribution in [-0.2, 0) is 45.6 Å². The molecule has 8 heterocycles. The minimum atomic E-state index is -0.438. The topological polar surface area (TPSA) is 266 Å². The Morgan fingerprint density at radius 1 is 0.343 bits per heavy atom. The zero-order valence-electron chi connectivity index (χ0n) is 85.0. The molecule has 0 bridgehead atoms. The predicted octanol–water partition coefficient (Wildman–Crippen LogP) is 28.2. The van der Waals surface area contributed by atoms with Crippen LogP contribution in [-0.4, -0.2) is 110 Å². The minimum Gasteiger partial charge on any atom is -0.454 e. The van der Waals surface area contributed by atoms with E-state index < -0.39 is 21.7 Å². The van der Waals surface area contributed by atoms with Gasteiger partial charge in [0.15, 0.2) is 66.5 Å². The molecular weight excluding hydrogens is 1820 g/mol. The molecule has 23 nitrogen and oxygen atoms in total. The average molecular weight is 1970 g/mol. The van der Waals surface area contributed by atoms with Crippen LogP contribution in [0, 0.1) is 0 Å². The smallest absolute Gasteiger partial charge is 0.236 e. The van der Waals surface area contributed by atoms with E-state index in [1.807, 2.05) is 261 Å². The highest BCUT2D eigenvalue weighted by Gasteiger charge is 2.55. The van der Waals surface area contributed by atoms with E-state index in [1.54, 1.807) is 31.9 Å². The van der Waals surface area contributed by atoms with E-state index in [0.29, 0.717) is 37.9 Å². The molecule has 0 radical (unpaired) electrons. The molecule has 4 aliphatic carbocycles. The molecule has 4 amide bonds. The molecule has 0 spiro atoms. The van der Waals surface area contributed by atoms with Crippen LogP contribution in [0.1, 0.15) is 258 Å². The zero-order valence-corrected chi connectivity index (χ0v) is 89.1. The maximum atomic E-state index is 12.5. The van der Waals surface area contributed by atoms with Gasteiger partial charge in [-0.2, -0.15) is 11.8 Å². The highest BCUT2D eigenvalue weighted by molar-refractivity contribution is 7.98. The molecule has 8 aliphatic rings. The molecule has 4 fully saturated rings. The van der Waals surface area contributed by atoms with Crippen LogP contribution in [0.15, 0.2) is 240 Å². The van der Waals surface area contributed by atoms with E-state index in [0.717, 1.165) is 120 Å². The fourth-order valence-corrected chi connectivity index (χ4v) is 16.1. The summed E-state index contributed by atoms with van der Waals surface area (Å²) in [6, 6.07) is 65.5. The van der Waals surface area contributed by atoms with Crippen molar-refractivity contribution < 1.29 is 61.8 Å². The molecule has 4 unspecified atom stereocenters. The Labute approximate surface area is 836 Å². The Morgan fingerprint density at radius 3 is 0.788 bits per heavy atom. The standard InChI is InChI=1S/4C14H12N2O3S.C10H15N.C9H13N.C9H12O.C9H12S.8C2H6/c4*17-12(16-13-15-5-6-20-13)14(3-4-14)9-1-2-10-11(7-9)19-8-18-10;1-9(11(2)3)10-7-5-4-6-8-10;3*1-8(10-2)9-6-4-3-5-7-9;8*1-2/h4*1-2,5-7H,3-4,8H2,(H,15,16,17);4-9H,1-3H3;3-8,10H,1-2H3;2*3-8H,1-2H3;8*1-2H3. The van der Waals surface area contributed by atoms with E-state index in [9.17, 15) is 19.2 Å². The molecule has 28 heteroatoms. The fraction of sp³-hybridized carbons (Fsp3) is 0.413. The summed E-state index contributed by atoms with van der Waals surface area (Å²) < 4.78 is 47.9. The van der Waals surface area contributed by atoms with Gasteiger partial charge in [0.2, 0.25) is 50.8 Å². The van der Waals surface area contributed by atoms with Gasteiger partial charge in [-0.05, 0) is 199 Å². The van der Waals surface area contributed by atoms with Gasteiger partial charge in [0.25, 0.3) is 0 Å². The van der Waals surface area contributed by atoms with E-state index >= 15 is 0 Å². The summed E-state index contributed by atoms with van der Waals surface area (Å²) >= 11 is 7.57. The largest absolute Gasteiger partial charge is 0.454 e. The number of amides is 4. The van der Waals surface area contributed by atoms with Gasteiger partial charge in [0.1, 0.15) is 0 Å². The number of hydrogen-bond acceptors (Lipinski definition) is 24. The first-order chi connectivity index (χ1) is 66.9. The number of methoxy groups -OCH3 is 1. The van der Waals surface area contributed by atoms with Crippen molar-refractivity contribution in [2.75, 3.05) is 82.9 Å². The maximum Gasteiger partial charge on any atom is 0.236 e. The molecule has 4 saturated carbocycles. The van der Waals surface area contributed by atoms with Crippen molar-refractivity contribution in [1.29, 1.82) is 0 Å². The first-order valence-corrected chi connectivity index (χ1v) is 52.7. The normalized spacial score (nSPS) is 14.7. The van der Waals surface area contributed by atoms with Crippen molar-refractivity contribution in [1.82, 2.24) is 30.2 Å². The average Bonchev–Trinajstić information content (AvgIpc) is 1.61. The lowest BCUT2D eigenvalue weighted by Crippen LogP contribution is -2.27. The van der Waals surface area contributed by atoms with Crippen molar-refractivity contribution in [3.8, 4) is 46.0 Å². The van der Waals surface area contributed by atoms with Crippen LogP contribution >= 0.6 is 57.1 Å². The number of anilines is 4. The molecule has 137 heavy (non-hydrogen) atoms. The molecule has 20 rings (SSSR count). The Hall–Kier alpha value is -11.2. The van der Waals surface area contributed by atoms with E-state index in [4.69, 9.17) is 42.6 Å². The number of nitrogens with one attached hydrogen (secondary N) is 5. The third-order valence-corrected chi connectivity index (χ3v) is 25.8. The Balaban J connectivity index is 0.000000275. The van der Waals surface area contributed by atoms with E-state index in [-0.39, 0.29) is 56.9 Å². The van der Waals surface area contributed by atoms with Gasteiger partial charge in [-0.25, -0.2) is 19.9 Å². The summed E-state index contributed by atoms with van der Waals surface area (Å²) in [5.41, 5.74) is 7.53. The third-order valence-electron chi connectivity index (χ3n) is 22.1. The van der Waals surface area contributed by atoms with Crippen molar-refractivity contribution >= 4 is 101 Å². The van der Waals surface area contributed by atoms with Crippen molar-refractivity contribution in [2.45, 2.75) is 235 Å². The van der Waals surface area contributed by atoms with Gasteiger partial charge in [0.05, 0.1) is 27.8 Å². The first kappa shape index (κ1) is 116. The molecule has 12 aromatic rings. The SMILES string of the molecule is CC.CC.CC.CC.CC.CC.CC.CC.CC(c1ccccc1)N(C)C.CNC(C)c1ccccc1.COC(C)c1ccccc1.CSC(C)c1ccccc1.O=C(Nc1nccs1)C1(c2ccc3c(c2)OCO3)CC1.O=C(Nc1nccs1)C1(c2ccc3c(c2)OCO3)CC1.O=C(Nc1nccs1)C1(c2ccc3c(c2)OCO3)CC1.O=C(Nc1nccs1)C1(c2ccc3c(c2)OCO3)CC1. The fourth-order valence-electron chi connectivity index (χ4n) is 13.5. The van der Waals surface area contributed by atoms with E-state index in [1.165, 1.54) is 67.6 Å². The molecule has 8 aromatic carbocycles. The van der Waals surface area contributed by atoms with Gasteiger partial charge in [-0.3, -0.25) is 19.2 Å². The van der Waals surface area contributed by atoms with Crippen LogP contribution in [0.25, 0.3) is 0 Å². The lowest BCUT2D eigenvalue weighted by Gasteiger charge is -2.19. The molecule has 4 aliphatic heterocycles. The number of thioether (sulfide) groups is 1. The zero-order chi connectivity index (χ0) is 101. The Morgan fingerprint density at radius 2 is 0.577 bits per heavy atom. The van der Waals surface area contributed by atoms with Crippen LogP contribution in [0.4, 0.5) is 20.5 Å². The number of thiazole rings is 4. The van der Waals surface area contributed by atoms with Crippen LogP contribution in [0.2, 0.25) is 0 Å². The number of aromatic nitrogens is 4. The number of hydrogen-bond donors (Lipinski definition) is 5. The predicted molar refractivity (Wildman–Crippen MR) is 570 cm³/mol.